The average molecular weight is 328 g/mol. The van der Waals surface area contributed by atoms with Gasteiger partial charge in [-0.15, -0.1) is 0 Å². The Bertz CT molecular complexity index is 771. The Morgan fingerprint density at radius 1 is 1.12 bits per heavy atom. The Kier molecular flexibility index (Phi) is 5.26. The van der Waals surface area contributed by atoms with Crippen LogP contribution in [0, 0.1) is 10.1 Å². The number of benzene rings is 2. The number of amides is 1. The summed E-state index contributed by atoms with van der Waals surface area (Å²) in [6, 6.07) is 11.9. The minimum Gasteiger partial charge on any atom is -0.462 e. The minimum atomic E-state index is -0.534. The molecule has 7 nitrogen and oxygen atoms in total. The molecular formula is C17H16N2O5. The number of non-ortho nitro benzene ring substituents is 1. The van der Waals surface area contributed by atoms with Crippen LogP contribution in [0.1, 0.15) is 27.6 Å². The summed E-state index contributed by atoms with van der Waals surface area (Å²) in [5.74, 6) is -0.905. The molecule has 0 fully saturated rings. The fraction of sp³-hybridized carbons (Fsp3) is 0.176. The van der Waals surface area contributed by atoms with Gasteiger partial charge in [0.25, 0.3) is 11.6 Å². The standard InChI is InChI=1S/C17H16N2O5/c1-3-24-17(21)14-6-4-5-7-15(14)18(2)16(20)12-8-10-13(11-9-12)19(22)23/h4-11H,3H2,1-2H3. The van der Waals surface area contributed by atoms with Crippen molar-refractivity contribution >= 4 is 23.3 Å². The van der Waals surface area contributed by atoms with Crippen molar-refractivity contribution in [1.29, 1.82) is 0 Å². The van der Waals surface area contributed by atoms with E-state index < -0.39 is 10.9 Å². The van der Waals surface area contributed by atoms with Crippen LogP contribution in [0.3, 0.4) is 0 Å². The first-order chi connectivity index (χ1) is 11.5. The van der Waals surface area contributed by atoms with Crippen molar-refractivity contribution in [2.24, 2.45) is 0 Å². The number of anilines is 1. The Balaban J connectivity index is 2.31. The number of carbonyl (C=O) groups excluding carboxylic acids is 2. The van der Waals surface area contributed by atoms with Crippen molar-refractivity contribution in [3.63, 3.8) is 0 Å². The SMILES string of the molecule is CCOC(=O)c1ccccc1N(C)C(=O)c1ccc([N+](=O)[O-])cc1. The Morgan fingerprint density at radius 3 is 2.33 bits per heavy atom. The van der Waals surface area contributed by atoms with E-state index in [1.54, 1.807) is 31.2 Å². The zero-order valence-corrected chi connectivity index (χ0v) is 13.3. The third-order valence-corrected chi connectivity index (χ3v) is 3.39. The number of hydrogen-bond donors (Lipinski definition) is 0. The number of nitrogens with zero attached hydrogens (tertiary/aromatic N) is 2. The molecule has 2 aromatic carbocycles. The second kappa shape index (κ2) is 7.36. The van der Waals surface area contributed by atoms with E-state index >= 15 is 0 Å². The fourth-order valence-corrected chi connectivity index (χ4v) is 2.18. The smallest absolute Gasteiger partial charge is 0.340 e. The molecule has 0 atom stereocenters. The molecule has 7 heteroatoms. The van der Waals surface area contributed by atoms with Gasteiger partial charge in [0.1, 0.15) is 0 Å². The second-order valence-electron chi connectivity index (χ2n) is 4.91. The van der Waals surface area contributed by atoms with E-state index in [0.29, 0.717) is 5.69 Å². The molecule has 0 saturated carbocycles. The third kappa shape index (κ3) is 3.57. The summed E-state index contributed by atoms with van der Waals surface area (Å²) in [5.41, 5.74) is 0.860. The lowest BCUT2D eigenvalue weighted by molar-refractivity contribution is -0.384. The molecule has 0 heterocycles. The molecule has 0 aromatic heterocycles. The molecule has 2 rings (SSSR count). The summed E-state index contributed by atoms with van der Waals surface area (Å²) >= 11 is 0. The predicted molar refractivity (Wildman–Crippen MR) is 88.2 cm³/mol. The highest BCUT2D eigenvalue weighted by Crippen LogP contribution is 2.22. The minimum absolute atomic E-state index is 0.0962. The first-order valence-electron chi connectivity index (χ1n) is 7.24. The Morgan fingerprint density at radius 2 is 1.75 bits per heavy atom. The van der Waals surface area contributed by atoms with E-state index in [2.05, 4.69) is 0 Å². The number of para-hydroxylation sites is 1. The topological polar surface area (TPSA) is 89.8 Å². The van der Waals surface area contributed by atoms with E-state index in [4.69, 9.17) is 4.74 Å². The lowest BCUT2D eigenvalue weighted by Crippen LogP contribution is -2.28. The van der Waals surface area contributed by atoms with Crippen LogP contribution < -0.4 is 4.90 Å². The molecule has 0 N–H and O–H groups in total. The van der Waals surface area contributed by atoms with Gasteiger partial charge in [0, 0.05) is 24.7 Å². The van der Waals surface area contributed by atoms with E-state index in [0.717, 1.165) is 0 Å². The van der Waals surface area contributed by atoms with Crippen molar-refractivity contribution < 1.29 is 19.2 Å². The van der Waals surface area contributed by atoms with Crippen LogP contribution in [0.2, 0.25) is 0 Å². The van der Waals surface area contributed by atoms with Crippen LogP contribution in [-0.4, -0.2) is 30.5 Å². The number of ether oxygens (including phenoxy) is 1. The maximum atomic E-state index is 12.6. The molecule has 0 radical (unpaired) electrons. The number of carbonyl (C=O) groups is 2. The fourth-order valence-electron chi connectivity index (χ4n) is 2.18. The number of esters is 1. The lowest BCUT2D eigenvalue weighted by atomic mass is 10.1. The van der Waals surface area contributed by atoms with Crippen LogP contribution in [0.5, 0.6) is 0 Å². The highest BCUT2D eigenvalue weighted by Gasteiger charge is 2.20. The van der Waals surface area contributed by atoms with Gasteiger partial charge in [0.2, 0.25) is 0 Å². The van der Waals surface area contributed by atoms with Crippen molar-refractivity contribution in [2.45, 2.75) is 6.92 Å². The molecule has 0 aliphatic rings. The molecule has 124 valence electrons. The van der Waals surface area contributed by atoms with E-state index in [-0.39, 0.29) is 29.3 Å². The third-order valence-electron chi connectivity index (χ3n) is 3.39. The van der Waals surface area contributed by atoms with Gasteiger partial charge in [-0.2, -0.15) is 0 Å². The Hall–Kier alpha value is -3.22. The van der Waals surface area contributed by atoms with Crippen molar-refractivity contribution in [1.82, 2.24) is 0 Å². The predicted octanol–water partition coefficient (Wildman–Crippen LogP) is 3.05. The van der Waals surface area contributed by atoms with Gasteiger partial charge in [0.15, 0.2) is 0 Å². The highest BCUT2D eigenvalue weighted by molar-refractivity contribution is 6.09. The molecular weight excluding hydrogens is 312 g/mol. The first kappa shape index (κ1) is 17.1. The summed E-state index contributed by atoms with van der Waals surface area (Å²) in [4.78, 5) is 36.0. The number of nitro benzene ring substituents is 1. The van der Waals surface area contributed by atoms with Crippen molar-refractivity contribution in [3.8, 4) is 0 Å². The normalized spacial score (nSPS) is 10.1. The maximum absolute atomic E-state index is 12.6. The first-order valence-corrected chi connectivity index (χ1v) is 7.24. The molecule has 0 bridgehead atoms. The second-order valence-corrected chi connectivity index (χ2v) is 4.91. The molecule has 0 aliphatic heterocycles. The number of nitro groups is 1. The molecule has 24 heavy (non-hydrogen) atoms. The zero-order valence-electron chi connectivity index (χ0n) is 13.3. The van der Waals surface area contributed by atoms with Gasteiger partial charge in [-0.1, -0.05) is 12.1 Å². The van der Waals surface area contributed by atoms with E-state index in [1.165, 1.54) is 36.2 Å². The summed E-state index contributed by atoms with van der Waals surface area (Å²) < 4.78 is 4.99. The summed E-state index contributed by atoms with van der Waals surface area (Å²) in [7, 11) is 1.53. The number of hydrogen-bond acceptors (Lipinski definition) is 5. The van der Waals surface area contributed by atoms with Crippen LogP contribution in [0.25, 0.3) is 0 Å². The molecule has 1 amide bonds. The maximum Gasteiger partial charge on any atom is 0.340 e. The van der Waals surface area contributed by atoms with Gasteiger partial charge in [-0.3, -0.25) is 14.9 Å². The zero-order chi connectivity index (χ0) is 17.7. The highest BCUT2D eigenvalue weighted by atomic mass is 16.6. The van der Waals surface area contributed by atoms with Gasteiger partial charge >= 0.3 is 5.97 Å². The van der Waals surface area contributed by atoms with Crippen LogP contribution in [-0.2, 0) is 4.74 Å². The van der Waals surface area contributed by atoms with Crippen LogP contribution in [0.15, 0.2) is 48.5 Å². The lowest BCUT2D eigenvalue weighted by Gasteiger charge is -2.20. The molecule has 2 aromatic rings. The number of rotatable bonds is 5. The van der Waals surface area contributed by atoms with Gasteiger partial charge in [-0.25, -0.2) is 4.79 Å². The van der Waals surface area contributed by atoms with Gasteiger partial charge in [-0.05, 0) is 31.2 Å². The Labute approximate surface area is 138 Å². The average Bonchev–Trinajstić information content (AvgIpc) is 2.60. The molecule has 0 unspecified atom stereocenters. The summed E-state index contributed by atoms with van der Waals surface area (Å²) in [6.45, 7) is 1.93. The van der Waals surface area contributed by atoms with Gasteiger partial charge in [0.05, 0.1) is 22.8 Å². The molecule has 0 saturated heterocycles. The molecule has 0 aliphatic carbocycles. The van der Waals surface area contributed by atoms with E-state index in [9.17, 15) is 19.7 Å². The van der Waals surface area contributed by atoms with Crippen LogP contribution >= 0.6 is 0 Å². The van der Waals surface area contributed by atoms with Gasteiger partial charge < -0.3 is 9.64 Å². The molecule has 0 spiro atoms. The van der Waals surface area contributed by atoms with Crippen LogP contribution in [0.4, 0.5) is 11.4 Å². The van der Waals surface area contributed by atoms with Crippen molar-refractivity contribution in [3.05, 3.63) is 69.8 Å². The summed E-state index contributed by atoms with van der Waals surface area (Å²) in [5, 5.41) is 10.7. The monoisotopic (exact) mass is 328 g/mol. The van der Waals surface area contributed by atoms with E-state index in [1.807, 2.05) is 0 Å². The van der Waals surface area contributed by atoms with Crippen molar-refractivity contribution in [2.75, 3.05) is 18.6 Å². The quantitative estimate of drug-likeness (QED) is 0.478. The summed E-state index contributed by atoms with van der Waals surface area (Å²) in [6.07, 6.45) is 0. The largest absolute Gasteiger partial charge is 0.462 e.